The summed E-state index contributed by atoms with van der Waals surface area (Å²) in [6.07, 6.45) is 6.73. The number of fused-ring (bicyclic) bond motifs is 1. The highest BCUT2D eigenvalue weighted by molar-refractivity contribution is 5.98. The van der Waals surface area contributed by atoms with Crippen LogP contribution < -0.4 is 11.1 Å². The van der Waals surface area contributed by atoms with Gasteiger partial charge in [0.1, 0.15) is 17.6 Å². The molecule has 3 aromatic heterocycles. The molecule has 27 heavy (non-hydrogen) atoms. The normalized spacial score (nSPS) is 18.1. The van der Waals surface area contributed by atoms with Gasteiger partial charge < -0.3 is 11.1 Å². The van der Waals surface area contributed by atoms with Gasteiger partial charge in [0.15, 0.2) is 0 Å². The molecule has 1 amide bonds. The molecule has 3 heterocycles. The van der Waals surface area contributed by atoms with Crippen LogP contribution in [0.15, 0.2) is 36.8 Å². The lowest BCUT2D eigenvalue weighted by atomic mass is 10.0. The SMILES string of the molecule is C#[N+][C@H]1C[C@@H]1C(=O)Nc1cc2cc(-c3cnccc3CC)nc(N)c2cn1. The number of rotatable bonds is 4. The predicted molar refractivity (Wildman–Crippen MR) is 105 cm³/mol. The average molecular weight is 359 g/mol. The van der Waals surface area contributed by atoms with Crippen LogP contribution in [-0.4, -0.2) is 26.9 Å². The third-order valence-electron chi connectivity index (χ3n) is 4.85. The first-order valence-electron chi connectivity index (χ1n) is 8.81. The third kappa shape index (κ3) is 3.17. The van der Waals surface area contributed by atoms with Crippen LogP contribution in [0.2, 0.25) is 0 Å². The second kappa shape index (κ2) is 6.65. The molecule has 1 aliphatic rings. The Bertz CT molecular complexity index is 1090. The van der Waals surface area contributed by atoms with Crippen LogP contribution in [0.1, 0.15) is 18.9 Å². The fraction of sp³-hybridized carbons (Fsp3) is 0.250. The second-order valence-electron chi connectivity index (χ2n) is 6.62. The van der Waals surface area contributed by atoms with Gasteiger partial charge in [-0.05, 0) is 35.6 Å². The van der Waals surface area contributed by atoms with Crippen molar-refractivity contribution in [1.82, 2.24) is 15.0 Å². The van der Waals surface area contributed by atoms with Crippen LogP contribution in [0.3, 0.4) is 0 Å². The first kappa shape index (κ1) is 16.9. The van der Waals surface area contributed by atoms with Gasteiger partial charge in [-0.3, -0.25) is 9.78 Å². The van der Waals surface area contributed by atoms with Crippen molar-refractivity contribution in [1.29, 1.82) is 0 Å². The zero-order chi connectivity index (χ0) is 19.0. The monoisotopic (exact) mass is 359 g/mol. The molecule has 4 rings (SSSR count). The molecule has 1 fully saturated rings. The standard InChI is InChI=1S/C20H18N6O/c1-3-11-4-5-23-9-14(11)17-6-12-7-18(24-10-15(12)19(21)25-17)26-20(27)13-8-16(13)22-2/h2,4-7,9-10,13,16H,3,8H2,1H3,(H2-,21,24,25,26,27)/p+1/t13-,16-/m0/s1. The molecule has 0 aromatic carbocycles. The largest absolute Gasteiger partial charge is 0.383 e. The summed E-state index contributed by atoms with van der Waals surface area (Å²) in [5, 5.41) is 4.41. The minimum Gasteiger partial charge on any atom is -0.383 e. The van der Waals surface area contributed by atoms with Crippen LogP contribution in [-0.2, 0) is 11.2 Å². The average Bonchev–Trinajstić information content (AvgIpc) is 3.47. The van der Waals surface area contributed by atoms with E-state index in [0.717, 1.165) is 34.0 Å². The number of hydrogen-bond acceptors (Lipinski definition) is 5. The van der Waals surface area contributed by atoms with Gasteiger partial charge in [0.25, 0.3) is 12.6 Å². The molecule has 3 N–H and O–H groups in total. The summed E-state index contributed by atoms with van der Waals surface area (Å²) in [6, 6.07) is 5.63. The summed E-state index contributed by atoms with van der Waals surface area (Å²) in [6.45, 7) is 7.33. The summed E-state index contributed by atoms with van der Waals surface area (Å²) in [5.41, 5.74) is 8.98. The van der Waals surface area contributed by atoms with Crippen molar-refractivity contribution < 1.29 is 4.79 Å². The van der Waals surface area contributed by atoms with Crippen molar-refractivity contribution in [3.05, 3.63) is 47.2 Å². The van der Waals surface area contributed by atoms with Gasteiger partial charge in [-0.15, -0.1) is 0 Å². The Morgan fingerprint density at radius 2 is 2.26 bits per heavy atom. The van der Waals surface area contributed by atoms with Crippen LogP contribution >= 0.6 is 0 Å². The van der Waals surface area contributed by atoms with Crippen LogP contribution in [0.4, 0.5) is 11.6 Å². The molecule has 7 nitrogen and oxygen atoms in total. The number of hydrogen-bond donors (Lipinski definition) is 2. The number of nitrogens with zero attached hydrogens (tertiary/aromatic N) is 4. The van der Waals surface area contributed by atoms with Crippen molar-refractivity contribution in [2.75, 3.05) is 11.1 Å². The lowest BCUT2D eigenvalue weighted by molar-refractivity contribution is -0.117. The summed E-state index contributed by atoms with van der Waals surface area (Å²) in [5.74, 6) is 0.563. The molecule has 134 valence electrons. The molecule has 0 bridgehead atoms. The number of amides is 1. The summed E-state index contributed by atoms with van der Waals surface area (Å²) in [7, 11) is 0. The number of aryl methyl sites for hydroxylation is 1. The van der Waals surface area contributed by atoms with Crippen LogP contribution in [0, 0.1) is 12.5 Å². The smallest absolute Gasteiger partial charge is 0.285 e. The third-order valence-corrected chi connectivity index (χ3v) is 4.85. The summed E-state index contributed by atoms with van der Waals surface area (Å²) in [4.78, 5) is 28.9. The van der Waals surface area contributed by atoms with Crippen molar-refractivity contribution in [2.45, 2.75) is 25.8 Å². The molecule has 0 spiro atoms. The Hall–Kier alpha value is -3.53. The molecule has 1 aliphatic carbocycles. The highest BCUT2D eigenvalue weighted by Crippen LogP contribution is 2.35. The predicted octanol–water partition coefficient (Wildman–Crippen LogP) is 3.13. The van der Waals surface area contributed by atoms with E-state index >= 15 is 0 Å². The number of nitrogen functional groups attached to an aromatic ring is 1. The molecular formula is C20H19N6O+. The van der Waals surface area contributed by atoms with E-state index in [0.29, 0.717) is 18.1 Å². The zero-order valence-corrected chi connectivity index (χ0v) is 14.9. The van der Waals surface area contributed by atoms with E-state index < -0.39 is 0 Å². The van der Waals surface area contributed by atoms with E-state index in [-0.39, 0.29) is 17.9 Å². The van der Waals surface area contributed by atoms with E-state index in [1.54, 1.807) is 24.7 Å². The Labute approximate surface area is 156 Å². The Morgan fingerprint density at radius 3 is 3.00 bits per heavy atom. The minimum absolute atomic E-state index is 0.0880. The molecule has 2 atom stereocenters. The van der Waals surface area contributed by atoms with Crippen molar-refractivity contribution in [3.63, 3.8) is 0 Å². The van der Waals surface area contributed by atoms with E-state index in [2.05, 4.69) is 32.0 Å². The fourth-order valence-electron chi connectivity index (χ4n) is 3.19. The molecule has 7 heteroatoms. The number of pyridine rings is 3. The van der Waals surface area contributed by atoms with E-state index in [1.165, 1.54) is 0 Å². The first-order chi connectivity index (χ1) is 13.1. The summed E-state index contributed by atoms with van der Waals surface area (Å²) < 4.78 is 0. The zero-order valence-electron chi connectivity index (χ0n) is 14.9. The van der Waals surface area contributed by atoms with Crippen molar-refractivity contribution in [3.8, 4) is 17.8 Å². The molecule has 0 saturated heterocycles. The van der Waals surface area contributed by atoms with Gasteiger partial charge in [0.05, 0.1) is 5.69 Å². The fourth-order valence-corrected chi connectivity index (χ4v) is 3.19. The molecular weight excluding hydrogens is 340 g/mol. The van der Waals surface area contributed by atoms with Gasteiger partial charge in [-0.25, -0.2) is 9.97 Å². The second-order valence-corrected chi connectivity index (χ2v) is 6.62. The highest BCUT2D eigenvalue weighted by atomic mass is 16.2. The van der Waals surface area contributed by atoms with Crippen LogP contribution in [0.25, 0.3) is 26.9 Å². The van der Waals surface area contributed by atoms with Crippen molar-refractivity contribution in [2.24, 2.45) is 5.92 Å². The van der Waals surface area contributed by atoms with Crippen molar-refractivity contribution >= 4 is 28.3 Å². The maximum Gasteiger partial charge on any atom is 0.285 e. The highest BCUT2D eigenvalue weighted by Gasteiger charge is 2.52. The molecule has 3 aromatic rings. The Morgan fingerprint density at radius 1 is 1.41 bits per heavy atom. The van der Waals surface area contributed by atoms with Crippen LogP contribution in [0.5, 0.6) is 0 Å². The lowest BCUT2D eigenvalue weighted by Gasteiger charge is -2.10. The molecule has 0 aliphatic heterocycles. The number of nitrogens with one attached hydrogen (secondary N) is 1. The first-order valence-corrected chi connectivity index (χ1v) is 8.81. The number of carbonyl (C=O) groups is 1. The number of carbonyl (C=O) groups excluding carboxylic acids is 1. The maximum atomic E-state index is 12.2. The summed E-state index contributed by atoms with van der Waals surface area (Å²) >= 11 is 0. The van der Waals surface area contributed by atoms with E-state index in [4.69, 9.17) is 12.3 Å². The lowest BCUT2D eigenvalue weighted by Crippen LogP contribution is -2.16. The minimum atomic E-state index is -0.173. The Kier molecular flexibility index (Phi) is 4.16. The number of nitrogens with two attached hydrogens (primary N) is 1. The quantitative estimate of drug-likeness (QED) is 0.746. The van der Waals surface area contributed by atoms with Gasteiger partial charge in [0.2, 0.25) is 5.91 Å². The van der Waals surface area contributed by atoms with Gasteiger partial charge in [0, 0.05) is 36.0 Å². The van der Waals surface area contributed by atoms with E-state index in [1.807, 2.05) is 12.1 Å². The van der Waals surface area contributed by atoms with E-state index in [9.17, 15) is 4.79 Å². The van der Waals surface area contributed by atoms with Gasteiger partial charge in [-0.1, -0.05) is 11.8 Å². The number of aromatic nitrogens is 3. The molecule has 0 unspecified atom stereocenters. The Balaban J connectivity index is 1.70. The number of anilines is 2. The topological polar surface area (TPSA) is 98.2 Å². The molecule has 0 radical (unpaired) electrons. The maximum absolute atomic E-state index is 12.2. The van der Waals surface area contributed by atoms with Gasteiger partial charge >= 0.3 is 0 Å². The van der Waals surface area contributed by atoms with Gasteiger partial charge in [-0.2, -0.15) is 0 Å². The molecule has 1 saturated carbocycles.